The number of nitrogens with one attached hydrogen (secondary N) is 3. The van der Waals surface area contributed by atoms with Crippen molar-refractivity contribution in [3.05, 3.63) is 76.6 Å². The van der Waals surface area contributed by atoms with Crippen LogP contribution in [-0.4, -0.2) is 46.7 Å². The molecule has 5 rings (SSSR count). The van der Waals surface area contributed by atoms with Gasteiger partial charge in [0.05, 0.1) is 11.4 Å². The van der Waals surface area contributed by atoms with Crippen LogP contribution in [0.15, 0.2) is 65.6 Å². The van der Waals surface area contributed by atoms with E-state index in [0.29, 0.717) is 11.2 Å². The first-order valence-corrected chi connectivity index (χ1v) is 13.1. The Bertz CT molecular complexity index is 1310. The molecule has 1 aliphatic heterocycles. The topological polar surface area (TPSA) is 80.2 Å². The van der Waals surface area contributed by atoms with Gasteiger partial charge < -0.3 is 19.8 Å². The number of pyridine rings is 2. The Balaban J connectivity index is 1.28. The molecule has 0 bridgehead atoms. The molecule has 1 aromatic carbocycles. The number of benzene rings is 1. The number of nitrogens with zero attached hydrogens (tertiary/aromatic N) is 3. The molecule has 188 valence electrons. The van der Waals surface area contributed by atoms with Crippen LogP contribution in [0.5, 0.6) is 0 Å². The van der Waals surface area contributed by atoms with E-state index in [1.54, 1.807) is 16.8 Å². The molecule has 2 fully saturated rings. The molecule has 7 heteroatoms. The standard InChI is InChI=1S/C29H36N6O/c1-2-16-35-27(22-14-15-31-28(36)21-22)13-12-26(29(35)30)32-23-8-10-25(11-9-23)34-19-17-33(18-20-34)24-6-4-3-5-7-24/h2,8-16,21,24,30,32H,3-7,17-20H2,1H3,(H,31,36)/b16-2-,30-29?. The van der Waals surface area contributed by atoms with Gasteiger partial charge in [-0.05, 0) is 62.2 Å². The Labute approximate surface area is 212 Å². The Morgan fingerprint density at radius 1 is 0.972 bits per heavy atom. The van der Waals surface area contributed by atoms with Crippen LogP contribution in [0.25, 0.3) is 17.5 Å². The lowest BCUT2D eigenvalue weighted by Gasteiger charge is -2.41. The lowest BCUT2D eigenvalue weighted by Crippen LogP contribution is -2.50. The van der Waals surface area contributed by atoms with Crippen molar-refractivity contribution in [3.63, 3.8) is 0 Å². The predicted molar refractivity (Wildman–Crippen MR) is 148 cm³/mol. The number of rotatable bonds is 6. The van der Waals surface area contributed by atoms with E-state index in [2.05, 4.69) is 44.4 Å². The molecule has 0 amide bonds. The molecule has 1 saturated heterocycles. The fraction of sp³-hybridized carbons (Fsp3) is 0.379. The lowest BCUT2D eigenvalue weighted by molar-refractivity contribution is 0.148. The minimum Gasteiger partial charge on any atom is -0.369 e. The number of hydrogen-bond acceptors (Lipinski definition) is 5. The molecule has 2 aromatic heterocycles. The van der Waals surface area contributed by atoms with Crippen LogP contribution in [0.2, 0.25) is 0 Å². The molecule has 0 unspecified atom stereocenters. The molecule has 36 heavy (non-hydrogen) atoms. The summed E-state index contributed by atoms with van der Waals surface area (Å²) in [7, 11) is 0. The molecule has 3 aromatic rings. The first-order valence-electron chi connectivity index (χ1n) is 13.1. The number of aromatic nitrogens is 2. The molecule has 1 aliphatic carbocycles. The molecule has 0 atom stereocenters. The van der Waals surface area contributed by atoms with E-state index in [1.807, 2.05) is 37.4 Å². The number of hydrogen-bond donors (Lipinski definition) is 3. The Morgan fingerprint density at radius 3 is 2.42 bits per heavy atom. The smallest absolute Gasteiger partial charge is 0.248 e. The van der Waals surface area contributed by atoms with E-state index in [-0.39, 0.29) is 5.56 Å². The second-order valence-electron chi connectivity index (χ2n) is 9.76. The van der Waals surface area contributed by atoms with Crippen molar-refractivity contribution in [2.24, 2.45) is 0 Å². The Kier molecular flexibility index (Phi) is 7.37. The summed E-state index contributed by atoms with van der Waals surface area (Å²) in [5.41, 5.74) is 4.63. The van der Waals surface area contributed by atoms with Crippen molar-refractivity contribution >= 4 is 23.3 Å². The first kappa shape index (κ1) is 24.1. The minimum atomic E-state index is -0.163. The molecule has 0 radical (unpaired) electrons. The number of allylic oxidation sites excluding steroid dienone is 1. The average molecular weight is 485 g/mol. The van der Waals surface area contributed by atoms with Gasteiger partial charge in [-0.2, -0.15) is 0 Å². The third kappa shape index (κ3) is 5.31. The summed E-state index contributed by atoms with van der Waals surface area (Å²) in [6, 6.07) is 16.6. The SMILES string of the molecule is C/C=C\n1c(-c2cc[nH]c(=O)c2)ccc(Nc2ccc(N3CCN(C4CCCCC4)CC3)cc2)c1=N. The Morgan fingerprint density at radius 2 is 1.72 bits per heavy atom. The third-order valence-electron chi connectivity index (χ3n) is 7.45. The molecule has 3 N–H and O–H groups in total. The zero-order valence-corrected chi connectivity index (χ0v) is 21.0. The van der Waals surface area contributed by atoms with E-state index < -0.39 is 0 Å². The summed E-state index contributed by atoms with van der Waals surface area (Å²) in [5, 5.41) is 12.2. The first-order chi connectivity index (χ1) is 17.6. The van der Waals surface area contributed by atoms with Crippen molar-refractivity contribution in [2.75, 3.05) is 36.4 Å². The van der Waals surface area contributed by atoms with Gasteiger partial charge in [-0.25, -0.2) is 0 Å². The second-order valence-corrected chi connectivity index (χ2v) is 9.76. The lowest BCUT2D eigenvalue weighted by atomic mass is 9.94. The normalized spacial score (nSPS) is 17.5. The molecule has 0 spiro atoms. The molecular weight excluding hydrogens is 448 g/mol. The number of aromatic amines is 1. The van der Waals surface area contributed by atoms with E-state index in [4.69, 9.17) is 5.41 Å². The summed E-state index contributed by atoms with van der Waals surface area (Å²) < 4.78 is 1.79. The highest BCUT2D eigenvalue weighted by Gasteiger charge is 2.25. The van der Waals surface area contributed by atoms with Crippen LogP contribution in [0.1, 0.15) is 39.0 Å². The summed E-state index contributed by atoms with van der Waals surface area (Å²) in [6.45, 7) is 6.37. The maximum Gasteiger partial charge on any atom is 0.248 e. The highest BCUT2D eigenvalue weighted by Crippen LogP contribution is 2.26. The van der Waals surface area contributed by atoms with Crippen LogP contribution < -0.4 is 21.3 Å². The maximum absolute atomic E-state index is 11.8. The quantitative estimate of drug-likeness (QED) is 0.459. The van der Waals surface area contributed by atoms with Gasteiger partial charge in [0.1, 0.15) is 0 Å². The molecule has 3 heterocycles. The monoisotopic (exact) mass is 484 g/mol. The van der Waals surface area contributed by atoms with E-state index in [9.17, 15) is 4.79 Å². The van der Waals surface area contributed by atoms with Gasteiger partial charge >= 0.3 is 0 Å². The fourth-order valence-electron chi connectivity index (χ4n) is 5.52. The second kappa shape index (κ2) is 11.0. The minimum absolute atomic E-state index is 0.163. The van der Waals surface area contributed by atoms with Gasteiger partial charge in [-0.1, -0.05) is 25.3 Å². The average Bonchev–Trinajstić information content (AvgIpc) is 2.92. The molecular formula is C29H36N6O. The maximum atomic E-state index is 11.8. The predicted octanol–water partition coefficient (Wildman–Crippen LogP) is 5.01. The summed E-state index contributed by atoms with van der Waals surface area (Å²) in [5.74, 6) is 0. The fourth-order valence-corrected chi connectivity index (χ4v) is 5.52. The van der Waals surface area contributed by atoms with Crippen LogP contribution in [0.4, 0.5) is 17.1 Å². The van der Waals surface area contributed by atoms with Crippen LogP contribution in [-0.2, 0) is 0 Å². The van der Waals surface area contributed by atoms with Gasteiger partial charge in [-0.3, -0.25) is 15.1 Å². The van der Waals surface area contributed by atoms with Gasteiger partial charge in [0.25, 0.3) is 0 Å². The zero-order chi connectivity index (χ0) is 24.9. The highest BCUT2D eigenvalue weighted by molar-refractivity contribution is 5.67. The summed E-state index contributed by atoms with van der Waals surface area (Å²) in [4.78, 5) is 19.6. The van der Waals surface area contributed by atoms with E-state index in [1.165, 1.54) is 37.8 Å². The van der Waals surface area contributed by atoms with Crippen molar-refractivity contribution < 1.29 is 0 Å². The van der Waals surface area contributed by atoms with Crippen LogP contribution >= 0.6 is 0 Å². The molecule has 2 aliphatic rings. The number of piperazine rings is 1. The van der Waals surface area contributed by atoms with Crippen molar-refractivity contribution in [3.8, 4) is 11.3 Å². The highest BCUT2D eigenvalue weighted by atomic mass is 16.1. The van der Waals surface area contributed by atoms with Crippen molar-refractivity contribution in [1.29, 1.82) is 5.41 Å². The van der Waals surface area contributed by atoms with Crippen LogP contribution in [0, 0.1) is 5.41 Å². The largest absolute Gasteiger partial charge is 0.369 e. The van der Waals surface area contributed by atoms with Gasteiger partial charge in [0.15, 0.2) is 5.49 Å². The van der Waals surface area contributed by atoms with E-state index in [0.717, 1.165) is 49.2 Å². The van der Waals surface area contributed by atoms with Gasteiger partial charge in [-0.15, -0.1) is 0 Å². The van der Waals surface area contributed by atoms with E-state index >= 15 is 0 Å². The third-order valence-corrected chi connectivity index (χ3v) is 7.45. The van der Waals surface area contributed by atoms with Crippen molar-refractivity contribution in [2.45, 2.75) is 45.1 Å². The number of H-pyrrole nitrogens is 1. The van der Waals surface area contributed by atoms with Crippen molar-refractivity contribution in [1.82, 2.24) is 14.5 Å². The summed E-state index contributed by atoms with van der Waals surface area (Å²) >= 11 is 0. The van der Waals surface area contributed by atoms with Crippen LogP contribution in [0.3, 0.4) is 0 Å². The van der Waals surface area contributed by atoms with Gasteiger partial charge in [0, 0.05) is 67.6 Å². The zero-order valence-electron chi connectivity index (χ0n) is 21.0. The number of anilines is 3. The summed E-state index contributed by atoms with van der Waals surface area (Å²) in [6.07, 6.45) is 12.3. The molecule has 7 nitrogen and oxygen atoms in total. The van der Waals surface area contributed by atoms with Gasteiger partial charge in [0.2, 0.25) is 5.56 Å². The Hall–Kier alpha value is -3.58. The molecule has 1 saturated carbocycles.